The van der Waals surface area contributed by atoms with E-state index in [0.29, 0.717) is 0 Å². The number of carbonyl (C=O) groups excluding carboxylic acids is 1. The number of alkyl halides is 3. The van der Waals surface area contributed by atoms with Gasteiger partial charge in [0.25, 0.3) is 0 Å². The summed E-state index contributed by atoms with van der Waals surface area (Å²) in [6.45, 7) is 0. The third-order valence-electron chi connectivity index (χ3n) is 3.40. The maximum Gasteiger partial charge on any atom is 0.427 e. The third-order valence-corrected chi connectivity index (χ3v) is 3.40. The Morgan fingerprint density at radius 3 is 2.62 bits per heavy atom. The fourth-order valence-corrected chi connectivity index (χ4v) is 2.16. The number of benzene rings is 1. The number of nitrogens with one attached hydrogen (secondary N) is 2. The topological polar surface area (TPSA) is 41.1 Å². The number of rotatable bonds is 0. The molecule has 0 saturated heterocycles. The van der Waals surface area contributed by atoms with Gasteiger partial charge < -0.3 is 10.6 Å². The normalized spacial score (nSPS) is 24.3. The highest BCUT2D eigenvalue weighted by atomic mass is 19.4. The van der Waals surface area contributed by atoms with Gasteiger partial charge in [-0.05, 0) is 31.0 Å². The van der Waals surface area contributed by atoms with E-state index in [1.165, 1.54) is 0 Å². The van der Waals surface area contributed by atoms with E-state index < -0.39 is 29.1 Å². The van der Waals surface area contributed by atoms with Gasteiger partial charge in [-0.3, -0.25) is 0 Å². The Morgan fingerprint density at radius 2 is 2.00 bits per heavy atom. The monoisotopic (exact) mass is 298 g/mol. The summed E-state index contributed by atoms with van der Waals surface area (Å²) in [5.41, 5.74) is -3.40. The van der Waals surface area contributed by atoms with Crippen molar-refractivity contribution in [3.05, 3.63) is 29.6 Å². The van der Waals surface area contributed by atoms with Crippen molar-refractivity contribution >= 4 is 11.7 Å². The van der Waals surface area contributed by atoms with Crippen LogP contribution in [-0.2, 0) is 5.54 Å². The van der Waals surface area contributed by atoms with E-state index in [4.69, 9.17) is 0 Å². The molecule has 0 aromatic heterocycles. The van der Waals surface area contributed by atoms with E-state index in [1.807, 2.05) is 5.32 Å². The lowest BCUT2D eigenvalue weighted by Gasteiger charge is -2.37. The lowest BCUT2D eigenvalue weighted by atomic mass is 9.86. The standard InChI is InChI=1S/C14H10F4N2O/c15-9-3-4-11-10(7-9)13(14(16,17)18,20-12(21)19-11)6-5-8-1-2-8/h3-4,7-8H,1-2H2,(H2,19,20,21). The SMILES string of the molecule is O=C1Nc2ccc(F)cc2C(C#CC2CC2)(C(F)(F)F)N1. The van der Waals surface area contributed by atoms with E-state index in [1.54, 1.807) is 0 Å². The van der Waals surface area contributed by atoms with Gasteiger partial charge in [0.1, 0.15) is 5.82 Å². The summed E-state index contributed by atoms with van der Waals surface area (Å²) in [7, 11) is 0. The molecular weight excluding hydrogens is 288 g/mol. The van der Waals surface area contributed by atoms with Crippen molar-refractivity contribution in [2.45, 2.75) is 24.6 Å². The van der Waals surface area contributed by atoms with Gasteiger partial charge in [-0.25, -0.2) is 9.18 Å². The highest BCUT2D eigenvalue weighted by molar-refractivity contribution is 5.94. The maximum atomic E-state index is 13.6. The van der Waals surface area contributed by atoms with Crippen molar-refractivity contribution in [2.75, 3.05) is 5.32 Å². The second-order valence-electron chi connectivity index (χ2n) is 5.06. The molecule has 3 nitrogen and oxygen atoms in total. The van der Waals surface area contributed by atoms with Crippen molar-refractivity contribution in [1.29, 1.82) is 0 Å². The van der Waals surface area contributed by atoms with Crippen molar-refractivity contribution in [2.24, 2.45) is 5.92 Å². The van der Waals surface area contributed by atoms with Gasteiger partial charge >= 0.3 is 12.2 Å². The van der Waals surface area contributed by atoms with Gasteiger partial charge in [0.2, 0.25) is 5.54 Å². The van der Waals surface area contributed by atoms with Gasteiger partial charge in [-0.1, -0.05) is 11.8 Å². The Morgan fingerprint density at radius 1 is 1.29 bits per heavy atom. The first-order chi connectivity index (χ1) is 9.82. The molecule has 110 valence electrons. The molecule has 1 fully saturated rings. The molecule has 2 amide bonds. The molecule has 1 aromatic rings. The number of carbonyl (C=O) groups is 1. The lowest BCUT2D eigenvalue weighted by Crippen LogP contribution is -2.59. The van der Waals surface area contributed by atoms with Crippen molar-refractivity contribution in [1.82, 2.24) is 5.32 Å². The summed E-state index contributed by atoms with van der Waals surface area (Å²) in [5.74, 6) is 3.74. The number of hydrogen-bond donors (Lipinski definition) is 2. The Balaban J connectivity index is 2.22. The lowest BCUT2D eigenvalue weighted by molar-refractivity contribution is -0.178. The molecule has 0 radical (unpaired) electrons. The summed E-state index contributed by atoms with van der Waals surface area (Å²) >= 11 is 0. The third kappa shape index (κ3) is 2.31. The van der Waals surface area contributed by atoms with Crippen molar-refractivity contribution in [3.63, 3.8) is 0 Å². The molecule has 1 saturated carbocycles. The minimum absolute atomic E-state index is 0.0898. The number of fused-ring (bicyclic) bond motifs is 1. The Labute approximate surface area is 117 Å². The summed E-state index contributed by atoms with van der Waals surface area (Å²) < 4.78 is 54.1. The van der Waals surface area contributed by atoms with Crippen LogP contribution in [0, 0.1) is 23.6 Å². The largest absolute Gasteiger partial charge is 0.427 e. The van der Waals surface area contributed by atoms with Crippen molar-refractivity contribution in [3.8, 4) is 11.8 Å². The molecule has 1 aliphatic heterocycles. The van der Waals surface area contributed by atoms with Crippen LogP contribution in [0.2, 0.25) is 0 Å². The van der Waals surface area contributed by atoms with E-state index in [0.717, 1.165) is 31.0 Å². The molecule has 1 unspecified atom stereocenters. The van der Waals surface area contributed by atoms with E-state index >= 15 is 0 Å². The van der Waals surface area contributed by atoms with Gasteiger partial charge in [0.15, 0.2) is 0 Å². The molecule has 1 heterocycles. The van der Waals surface area contributed by atoms with Gasteiger partial charge in [-0.15, -0.1) is 0 Å². The van der Waals surface area contributed by atoms with E-state index in [-0.39, 0.29) is 11.6 Å². The molecule has 1 aliphatic carbocycles. The van der Waals surface area contributed by atoms with Crippen LogP contribution in [0.5, 0.6) is 0 Å². The molecule has 7 heteroatoms. The number of hydrogen-bond acceptors (Lipinski definition) is 1. The van der Waals surface area contributed by atoms with Crippen LogP contribution in [0.15, 0.2) is 18.2 Å². The first-order valence-electron chi connectivity index (χ1n) is 6.30. The first kappa shape index (κ1) is 13.7. The number of amides is 2. The number of halogens is 4. The molecule has 21 heavy (non-hydrogen) atoms. The van der Waals surface area contributed by atoms with E-state index in [9.17, 15) is 22.4 Å². The molecule has 0 spiro atoms. The summed E-state index contributed by atoms with van der Waals surface area (Å²) in [6.07, 6.45) is -3.39. The molecule has 2 aliphatic rings. The zero-order valence-electron chi connectivity index (χ0n) is 10.6. The summed E-state index contributed by atoms with van der Waals surface area (Å²) in [5, 5.41) is 4.05. The predicted octanol–water partition coefficient (Wildman–Crippen LogP) is 3.13. The molecule has 2 N–H and O–H groups in total. The Hall–Kier alpha value is -2.23. The average Bonchev–Trinajstić information content (AvgIpc) is 3.19. The van der Waals surface area contributed by atoms with Crippen LogP contribution < -0.4 is 10.6 Å². The van der Waals surface area contributed by atoms with Gasteiger partial charge in [0.05, 0.1) is 0 Å². The molecule has 3 rings (SSSR count). The first-order valence-corrected chi connectivity index (χ1v) is 6.30. The maximum absolute atomic E-state index is 13.6. The number of urea groups is 1. The van der Waals surface area contributed by atoms with Crippen molar-refractivity contribution < 1.29 is 22.4 Å². The summed E-state index contributed by atoms with van der Waals surface area (Å²) in [4.78, 5) is 11.5. The Kier molecular flexibility index (Phi) is 2.87. The van der Waals surface area contributed by atoms with Crippen LogP contribution in [0.1, 0.15) is 18.4 Å². The Bertz CT molecular complexity index is 670. The van der Waals surface area contributed by atoms with Crippen LogP contribution in [-0.4, -0.2) is 12.2 Å². The molecule has 1 atom stereocenters. The zero-order valence-corrected chi connectivity index (χ0v) is 10.6. The van der Waals surface area contributed by atoms with Crippen LogP contribution in [0.3, 0.4) is 0 Å². The smallest absolute Gasteiger partial charge is 0.310 e. The van der Waals surface area contributed by atoms with Gasteiger partial charge in [-0.2, -0.15) is 13.2 Å². The average molecular weight is 298 g/mol. The van der Waals surface area contributed by atoms with Crippen LogP contribution >= 0.6 is 0 Å². The van der Waals surface area contributed by atoms with E-state index in [2.05, 4.69) is 17.2 Å². The number of anilines is 1. The van der Waals surface area contributed by atoms with Crippen LogP contribution in [0.25, 0.3) is 0 Å². The second kappa shape index (κ2) is 4.38. The minimum Gasteiger partial charge on any atom is -0.310 e. The molecule has 1 aromatic carbocycles. The second-order valence-corrected chi connectivity index (χ2v) is 5.06. The van der Waals surface area contributed by atoms with Crippen LogP contribution in [0.4, 0.5) is 28.0 Å². The zero-order chi connectivity index (χ0) is 15.3. The highest BCUT2D eigenvalue weighted by Gasteiger charge is 2.59. The summed E-state index contributed by atoms with van der Waals surface area (Å²) in [6, 6.07) is 1.82. The fourth-order valence-electron chi connectivity index (χ4n) is 2.16. The predicted molar refractivity (Wildman–Crippen MR) is 66.8 cm³/mol. The quantitative estimate of drug-likeness (QED) is 0.561. The van der Waals surface area contributed by atoms with Gasteiger partial charge in [0, 0.05) is 17.2 Å². The highest BCUT2D eigenvalue weighted by Crippen LogP contribution is 2.44. The molecular formula is C14H10F4N2O. The molecule has 0 bridgehead atoms. The fraction of sp³-hybridized carbons (Fsp3) is 0.357. The minimum atomic E-state index is -4.87.